The van der Waals surface area contributed by atoms with Gasteiger partial charge in [-0.3, -0.25) is 9.48 Å². The van der Waals surface area contributed by atoms with Gasteiger partial charge in [0, 0.05) is 23.7 Å². The Morgan fingerprint density at radius 3 is 3.14 bits per heavy atom. The summed E-state index contributed by atoms with van der Waals surface area (Å²) in [6, 6.07) is 9.92. The van der Waals surface area contributed by atoms with E-state index in [0.29, 0.717) is 18.0 Å². The molecule has 3 aromatic rings. The number of para-hydroxylation sites is 1. The summed E-state index contributed by atoms with van der Waals surface area (Å²) >= 11 is 0. The fraction of sp³-hybridized carbons (Fsp3) is 0.250. The third-order valence-electron chi connectivity index (χ3n) is 3.91. The Morgan fingerprint density at radius 1 is 1.41 bits per heavy atom. The van der Waals surface area contributed by atoms with Gasteiger partial charge in [0.2, 0.25) is 0 Å². The number of aromatic nitrogens is 3. The zero-order valence-corrected chi connectivity index (χ0v) is 12.0. The number of carbonyl (C=O) groups excluding carboxylic acids is 1. The summed E-state index contributed by atoms with van der Waals surface area (Å²) in [5.41, 5.74) is 2.18. The molecule has 0 aliphatic carbocycles. The lowest BCUT2D eigenvalue weighted by Gasteiger charge is -2.06. The Morgan fingerprint density at radius 2 is 2.32 bits per heavy atom. The predicted octanol–water partition coefficient (Wildman–Crippen LogP) is 2.58. The van der Waals surface area contributed by atoms with Crippen molar-refractivity contribution in [3.63, 3.8) is 0 Å². The number of anilines is 1. The number of benzene rings is 1. The average Bonchev–Trinajstić information content (AvgIpc) is 3.26. The SMILES string of the molecule is O=C(Nc1cnn(C2CCOC2)c1)c1cc2ccccc2[nH]1. The summed E-state index contributed by atoms with van der Waals surface area (Å²) in [4.78, 5) is 15.4. The van der Waals surface area contributed by atoms with E-state index in [2.05, 4.69) is 15.4 Å². The van der Waals surface area contributed by atoms with Crippen LogP contribution in [0.4, 0.5) is 5.69 Å². The molecule has 1 fully saturated rings. The number of carbonyl (C=O) groups is 1. The Hall–Kier alpha value is -2.60. The second kappa shape index (κ2) is 5.31. The first kappa shape index (κ1) is 13.1. The topological polar surface area (TPSA) is 71.9 Å². The summed E-state index contributed by atoms with van der Waals surface area (Å²) in [7, 11) is 0. The average molecular weight is 296 g/mol. The molecule has 1 aliphatic rings. The molecule has 0 bridgehead atoms. The van der Waals surface area contributed by atoms with Gasteiger partial charge >= 0.3 is 0 Å². The highest BCUT2D eigenvalue weighted by atomic mass is 16.5. The molecule has 2 aromatic heterocycles. The molecule has 1 aromatic carbocycles. The first-order chi connectivity index (χ1) is 10.8. The maximum absolute atomic E-state index is 12.3. The Kier molecular flexibility index (Phi) is 3.16. The molecule has 1 aliphatic heterocycles. The Balaban J connectivity index is 1.51. The van der Waals surface area contributed by atoms with Crippen LogP contribution in [0.5, 0.6) is 0 Å². The van der Waals surface area contributed by atoms with Gasteiger partial charge in [0.15, 0.2) is 0 Å². The maximum atomic E-state index is 12.3. The molecular weight excluding hydrogens is 280 g/mol. The third kappa shape index (κ3) is 2.37. The Bertz CT molecular complexity index is 781. The van der Waals surface area contributed by atoms with E-state index in [9.17, 15) is 4.79 Å². The molecule has 1 atom stereocenters. The molecule has 1 amide bonds. The second-order valence-electron chi connectivity index (χ2n) is 5.45. The molecule has 2 N–H and O–H groups in total. The van der Waals surface area contributed by atoms with Crippen molar-refractivity contribution in [3.05, 3.63) is 48.4 Å². The highest BCUT2D eigenvalue weighted by Gasteiger charge is 2.19. The number of aromatic amines is 1. The molecule has 22 heavy (non-hydrogen) atoms. The molecule has 6 heteroatoms. The van der Waals surface area contributed by atoms with Gasteiger partial charge in [0.25, 0.3) is 5.91 Å². The lowest BCUT2D eigenvalue weighted by Crippen LogP contribution is -2.12. The van der Waals surface area contributed by atoms with E-state index in [1.807, 2.05) is 41.2 Å². The minimum absolute atomic E-state index is 0.168. The molecule has 0 saturated carbocycles. The van der Waals surface area contributed by atoms with Crippen molar-refractivity contribution in [2.45, 2.75) is 12.5 Å². The van der Waals surface area contributed by atoms with E-state index in [-0.39, 0.29) is 11.9 Å². The summed E-state index contributed by atoms with van der Waals surface area (Å²) in [6.07, 6.45) is 4.47. The maximum Gasteiger partial charge on any atom is 0.272 e. The van der Waals surface area contributed by atoms with E-state index in [0.717, 1.165) is 23.9 Å². The summed E-state index contributed by atoms with van der Waals surface area (Å²) in [5.74, 6) is -0.168. The van der Waals surface area contributed by atoms with Crippen molar-refractivity contribution >= 4 is 22.5 Å². The van der Waals surface area contributed by atoms with Gasteiger partial charge < -0.3 is 15.0 Å². The molecular formula is C16H16N4O2. The van der Waals surface area contributed by atoms with Gasteiger partial charge in [-0.25, -0.2) is 0 Å². The molecule has 6 nitrogen and oxygen atoms in total. The Labute approximate surface area is 127 Å². The van der Waals surface area contributed by atoms with Gasteiger partial charge in [-0.05, 0) is 18.6 Å². The van der Waals surface area contributed by atoms with Crippen LogP contribution in [0, 0.1) is 0 Å². The number of rotatable bonds is 3. The molecule has 112 valence electrons. The van der Waals surface area contributed by atoms with Crippen molar-refractivity contribution in [2.24, 2.45) is 0 Å². The van der Waals surface area contributed by atoms with Crippen molar-refractivity contribution in [3.8, 4) is 0 Å². The number of hydrogen-bond donors (Lipinski definition) is 2. The summed E-state index contributed by atoms with van der Waals surface area (Å²) in [6.45, 7) is 1.44. The highest BCUT2D eigenvalue weighted by molar-refractivity contribution is 6.05. The van der Waals surface area contributed by atoms with E-state index < -0.39 is 0 Å². The zero-order valence-electron chi connectivity index (χ0n) is 12.0. The lowest BCUT2D eigenvalue weighted by atomic mass is 10.2. The lowest BCUT2D eigenvalue weighted by molar-refractivity contribution is 0.102. The number of nitrogens with zero attached hydrogens (tertiary/aromatic N) is 2. The van der Waals surface area contributed by atoms with Gasteiger partial charge in [-0.2, -0.15) is 5.10 Å². The third-order valence-corrected chi connectivity index (χ3v) is 3.91. The standard InChI is InChI=1S/C16H16N4O2/c21-16(15-7-11-3-1-2-4-14(11)19-15)18-12-8-17-20(9-12)13-5-6-22-10-13/h1-4,7-9,13,19H,5-6,10H2,(H,18,21). The van der Waals surface area contributed by atoms with Crippen LogP contribution in [-0.2, 0) is 4.74 Å². The fourth-order valence-corrected chi connectivity index (χ4v) is 2.73. The molecule has 0 radical (unpaired) electrons. The molecule has 0 spiro atoms. The van der Waals surface area contributed by atoms with Gasteiger partial charge in [0.1, 0.15) is 5.69 Å². The van der Waals surface area contributed by atoms with Crippen LogP contribution in [-0.4, -0.2) is 33.9 Å². The summed E-state index contributed by atoms with van der Waals surface area (Å²) in [5, 5.41) is 8.19. The van der Waals surface area contributed by atoms with Crippen molar-refractivity contribution in [1.29, 1.82) is 0 Å². The largest absolute Gasteiger partial charge is 0.379 e. The van der Waals surface area contributed by atoms with Crippen molar-refractivity contribution < 1.29 is 9.53 Å². The smallest absolute Gasteiger partial charge is 0.272 e. The first-order valence-electron chi connectivity index (χ1n) is 7.30. The molecule has 1 unspecified atom stereocenters. The van der Waals surface area contributed by atoms with Gasteiger partial charge in [0.05, 0.1) is 24.5 Å². The van der Waals surface area contributed by atoms with E-state index in [1.54, 1.807) is 6.20 Å². The fourth-order valence-electron chi connectivity index (χ4n) is 2.73. The van der Waals surface area contributed by atoms with Crippen LogP contribution in [0.15, 0.2) is 42.7 Å². The van der Waals surface area contributed by atoms with Crippen LogP contribution >= 0.6 is 0 Å². The van der Waals surface area contributed by atoms with Crippen LogP contribution in [0.25, 0.3) is 10.9 Å². The van der Waals surface area contributed by atoms with Crippen LogP contribution < -0.4 is 5.32 Å². The normalized spacial score (nSPS) is 17.9. The van der Waals surface area contributed by atoms with Gasteiger partial charge in [-0.1, -0.05) is 18.2 Å². The van der Waals surface area contributed by atoms with Crippen molar-refractivity contribution in [1.82, 2.24) is 14.8 Å². The number of fused-ring (bicyclic) bond motifs is 1. The number of hydrogen-bond acceptors (Lipinski definition) is 3. The van der Waals surface area contributed by atoms with E-state index in [1.165, 1.54) is 0 Å². The van der Waals surface area contributed by atoms with Crippen LogP contribution in [0.2, 0.25) is 0 Å². The van der Waals surface area contributed by atoms with Crippen LogP contribution in [0.1, 0.15) is 23.0 Å². The molecule has 4 rings (SSSR count). The number of nitrogens with one attached hydrogen (secondary N) is 2. The van der Waals surface area contributed by atoms with E-state index in [4.69, 9.17) is 4.74 Å². The van der Waals surface area contributed by atoms with Crippen LogP contribution in [0.3, 0.4) is 0 Å². The number of amides is 1. The zero-order chi connectivity index (χ0) is 14.9. The minimum atomic E-state index is -0.168. The second-order valence-corrected chi connectivity index (χ2v) is 5.45. The highest BCUT2D eigenvalue weighted by Crippen LogP contribution is 2.20. The molecule has 3 heterocycles. The van der Waals surface area contributed by atoms with Crippen molar-refractivity contribution in [2.75, 3.05) is 18.5 Å². The minimum Gasteiger partial charge on any atom is -0.379 e. The van der Waals surface area contributed by atoms with E-state index >= 15 is 0 Å². The number of ether oxygens (including phenoxy) is 1. The monoisotopic (exact) mass is 296 g/mol. The van der Waals surface area contributed by atoms with Gasteiger partial charge in [-0.15, -0.1) is 0 Å². The predicted molar refractivity (Wildman–Crippen MR) is 83.0 cm³/mol. The first-order valence-corrected chi connectivity index (χ1v) is 7.30. The quantitative estimate of drug-likeness (QED) is 0.780. The summed E-state index contributed by atoms with van der Waals surface area (Å²) < 4.78 is 7.21. The molecule has 1 saturated heterocycles. The number of H-pyrrole nitrogens is 1.